The van der Waals surface area contributed by atoms with Gasteiger partial charge in [0.15, 0.2) is 0 Å². The minimum Gasteiger partial charge on any atom is -0.398 e. The second-order valence-corrected chi connectivity index (χ2v) is 6.24. The number of hydrogen-bond acceptors (Lipinski definition) is 4. The Balaban J connectivity index is 2.63. The summed E-state index contributed by atoms with van der Waals surface area (Å²) in [5.74, 6) is -0.809. The van der Waals surface area contributed by atoms with Gasteiger partial charge < -0.3 is 10.5 Å². The fourth-order valence-electron chi connectivity index (χ4n) is 1.55. The highest BCUT2D eigenvalue weighted by Gasteiger charge is 2.19. The lowest BCUT2D eigenvalue weighted by molar-refractivity contribution is 0.136. The van der Waals surface area contributed by atoms with E-state index in [4.69, 9.17) is 10.5 Å². The molecule has 0 aromatic heterocycles. The molecule has 3 N–H and O–H groups in total. The first-order valence-electron chi connectivity index (χ1n) is 6.51. The van der Waals surface area contributed by atoms with Crippen LogP contribution in [0, 0.1) is 12.7 Å². The van der Waals surface area contributed by atoms with Crippen molar-refractivity contribution in [2.75, 3.05) is 25.5 Å². The molecule has 0 amide bonds. The Morgan fingerprint density at radius 3 is 2.70 bits per heavy atom. The molecule has 1 rings (SSSR count). The third-order valence-electron chi connectivity index (χ3n) is 2.79. The fourth-order valence-corrected chi connectivity index (χ4v) is 2.65. The van der Waals surface area contributed by atoms with Crippen molar-refractivity contribution in [1.82, 2.24) is 4.72 Å². The van der Waals surface area contributed by atoms with Crippen molar-refractivity contribution in [3.63, 3.8) is 0 Å². The van der Waals surface area contributed by atoms with Crippen LogP contribution >= 0.6 is 0 Å². The van der Waals surface area contributed by atoms with E-state index < -0.39 is 20.7 Å². The van der Waals surface area contributed by atoms with Crippen molar-refractivity contribution in [2.45, 2.75) is 31.6 Å². The number of hydrogen-bond donors (Lipinski definition) is 2. The van der Waals surface area contributed by atoms with Crippen LogP contribution in [0.1, 0.15) is 25.3 Å². The van der Waals surface area contributed by atoms with Gasteiger partial charge in [0, 0.05) is 18.8 Å². The third kappa shape index (κ3) is 4.73. The molecule has 0 aliphatic carbocycles. The zero-order valence-electron chi connectivity index (χ0n) is 11.8. The molecule has 0 saturated heterocycles. The number of rotatable bonds is 8. The lowest BCUT2D eigenvalue weighted by atomic mass is 10.2. The summed E-state index contributed by atoms with van der Waals surface area (Å²) in [4.78, 5) is -0.436. The molecule has 0 unspecified atom stereocenters. The van der Waals surface area contributed by atoms with E-state index in [-0.39, 0.29) is 18.8 Å². The molecule has 0 radical (unpaired) electrons. The van der Waals surface area contributed by atoms with Crippen LogP contribution < -0.4 is 10.5 Å². The van der Waals surface area contributed by atoms with Gasteiger partial charge in [-0.25, -0.2) is 17.5 Å². The maximum Gasteiger partial charge on any atom is 0.243 e. The Labute approximate surface area is 119 Å². The topological polar surface area (TPSA) is 81.4 Å². The van der Waals surface area contributed by atoms with Crippen molar-refractivity contribution in [2.24, 2.45) is 0 Å². The largest absolute Gasteiger partial charge is 0.398 e. The summed E-state index contributed by atoms with van der Waals surface area (Å²) in [6.45, 7) is 4.59. The zero-order chi connectivity index (χ0) is 15.2. The lowest BCUT2D eigenvalue weighted by Crippen LogP contribution is -2.28. The predicted octanol–water partition coefficient (Wildman–Crippen LogP) is 1.81. The Kier molecular flexibility index (Phi) is 6.38. The molecule has 0 aliphatic heterocycles. The van der Waals surface area contributed by atoms with Crippen LogP contribution in [-0.4, -0.2) is 28.2 Å². The number of nitrogen functional groups attached to an aromatic ring is 1. The van der Waals surface area contributed by atoms with Gasteiger partial charge in [-0.05, 0) is 31.0 Å². The number of sulfonamides is 1. The normalized spacial score (nSPS) is 11.8. The van der Waals surface area contributed by atoms with Crippen LogP contribution in [-0.2, 0) is 14.8 Å². The quantitative estimate of drug-likeness (QED) is 0.567. The standard InChI is InChI=1S/C13H21FN2O3S/c1-3-4-6-19-7-5-16-20(17,18)13-9-12(15)10(2)8-11(13)14/h8-9,16H,3-7,15H2,1-2H3. The number of anilines is 1. The number of halogens is 1. The third-order valence-corrected chi connectivity index (χ3v) is 4.27. The average Bonchev–Trinajstić information content (AvgIpc) is 2.37. The summed E-state index contributed by atoms with van der Waals surface area (Å²) in [7, 11) is -3.91. The van der Waals surface area contributed by atoms with Gasteiger partial charge in [-0.1, -0.05) is 13.3 Å². The van der Waals surface area contributed by atoms with E-state index in [1.54, 1.807) is 6.92 Å². The first kappa shape index (κ1) is 16.9. The summed E-state index contributed by atoms with van der Waals surface area (Å²) in [5, 5.41) is 0. The summed E-state index contributed by atoms with van der Waals surface area (Å²) in [6.07, 6.45) is 1.94. The van der Waals surface area contributed by atoms with Crippen molar-refractivity contribution in [3.05, 3.63) is 23.5 Å². The van der Waals surface area contributed by atoms with Crippen molar-refractivity contribution in [3.8, 4) is 0 Å². The number of unbranched alkanes of at least 4 members (excludes halogenated alkanes) is 1. The van der Waals surface area contributed by atoms with Crippen LogP contribution in [0.15, 0.2) is 17.0 Å². The van der Waals surface area contributed by atoms with Gasteiger partial charge in [0.1, 0.15) is 10.7 Å². The van der Waals surface area contributed by atoms with Crippen LogP contribution in [0.5, 0.6) is 0 Å². The lowest BCUT2D eigenvalue weighted by Gasteiger charge is -2.10. The van der Waals surface area contributed by atoms with E-state index in [0.29, 0.717) is 12.2 Å². The zero-order valence-corrected chi connectivity index (χ0v) is 12.6. The van der Waals surface area contributed by atoms with Crippen LogP contribution in [0.3, 0.4) is 0 Å². The van der Waals surface area contributed by atoms with Crippen molar-refractivity contribution in [1.29, 1.82) is 0 Å². The molecule has 7 heteroatoms. The Morgan fingerprint density at radius 1 is 1.35 bits per heavy atom. The van der Waals surface area contributed by atoms with E-state index in [2.05, 4.69) is 4.72 Å². The number of nitrogens with two attached hydrogens (primary N) is 1. The fraction of sp³-hybridized carbons (Fsp3) is 0.538. The van der Waals surface area contributed by atoms with Crippen molar-refractivity contribution < 1.29 is 17.5 Å². The van der Waals surface area contributed by atoms with Crippen LogP contribution in [0.25, 0.3) is 0 Å². The van der Waals surface area contributed by atoms with Gasteiger partial charge in [-0.2, -0.15) is 0 Å². The Morgan fingerprint density at radius 2 is 2.05 bits per heavy atom. The maximum atomic E-state index is 13.7. The highest BCUT2D eigenvalue weighted by molar-refractivity contribution is 7.89. The molecule has 0 spiro atoms. The van der Waals surface area contributed by atoms with Gasteiger partial charge in [0.25, 0.3) is 0 Å². The van der Waals surface area contributed by atoms with E-state index in [0.717, 1.165) is 25.0 Å². The molecule has 0 bridgehead atoms. The number of ether oxygens (including phenoxy) is 1. The first-order valence-corrected chi connectivity index (χ1v) is 8.00. The Bertz CT molecular complexity index is 547. The molecule has 0 saturated carbocycles. The smallest absolute Gasteiger partial charge is 0.243 e. The minimum atomic E-state index is -3.91. The molecular weight excluding hydrogens is 283 g/mol. The number of aryl methyl sites for hydroxylation is 1. The molecule has 1 aromatic carbocycles. The van der Waals surface area contributed by atoms with Gasteiger partial charge in [0.2, 0.25) is 10.0 Å². The maximum absolute atomic E-state index is 13.7. The molecule has 0 fully saturated rings. The minimum absolute atomic E-state index is 0.0965. The number of benzene rings is 1. The van der Waals surface area contributed by atoms with Gasteiger partial charge in [0.05, 0.1) is 6.61 Å². The second kappa shape index (κ2) is 7.56. The molecule has 0 atom stereocenters. The summed E-state index contributed by atoms with van der Waals surface area (Å²) in [5.41, 5.74) is 6.36. The molecule has 1 aromatic rings. The first-order chi connectivity index (χ1) is 9.38. The van der Waals surface area contributed by atoms with Crippen LogP contribution in [0.2, 0.25) is 0 Å². The van der Waals surface area contributed by atoms with E-state index >= 15 is 0 Å². The molecule has 0 heterocycles. The molecule has 0 aliphatic rings. The van der Waals surface area contributed by atoms with Gasteiger partial charge in [-0.3, -0.25) is 0 Å². The monoisotopic (exact) mass is 304 g/mol. The SMILES string of the molecule is CCCCOCCNS(=O)(=O)c1cc(N)c(C)cc1F. The number of nitrogens with one attached hydrogen (secondary N) is 1. The molecule has 5 nitrogen and oxygen atoms in total. The predicted molar refractivity (Wildman–Crippen MR) is 76.5 cm³/mol. The highest BCUT2D eigenvalue weighted by Crippen LogP contribution is 2.21. The molecular formula is C13H21FN2O3S. The summed E-state index contributed by atoms with van der Waals surface area (Å²) < 4.78 is 45.1. The van der Waals surface area contributed by atoms with E-state index in [1.807, 2.05) is 6.92 Å². The van der Waals surface area contributed by atoms with Crippen molar-refractivity contribution >= 4 is 15.7 Å². The average molecular weight is 304 g/mol. The molecule has 114 valence electrons. The highest BCUT2D eigenvalue weighted by atomic mass is 32.2. The van der Waals surface area contributed by atoms with Crippen LogP contribution in [0.4, 0.5) is 10.1 Å². The summed E-state index contributed by atoms with van der Waals surface area (Å²) >= 11 is 0. The Hall–Kier alpha value is -1.18. The van der Waals surface area contributed by atoms with Gasteiger partial charge in [-0.15, -0.1) is 0 Å². The second-order valence-electron chi connectivity index (χ2n) is 4.50. The summed E-state index contributed by atoms with van der Waals surface area (Å²) in [6, 6.07) is 2.24. The van der Waals surface area contributed by atoms with E-state index in [9.17, 15) is 12.8 Å². The van der Waals surface area contributed by atoms with Gasteiger partial charge >= 0.3 is 0 Å². The van der Waals surface area contributed by atoms with E-state index in [1.165, 1.54) is 0 Å². The molecule has 20 heavy (non-hydrogen) atoms.